The summed E-state index contributed by atoms with van der Waals surface area (Å²) in [4.78, 5) is 66.9. The van der Waals surface area contributed by atoms with Crippen molar-refractivity contribution < 1.29 is 38.3 Å². The zero-order valence-electron chi connectivity index (χ0n) is 45.8. The van der Waals surface area contributed by atoms with Crippen LogP contribution in [-0.4, -0.2) is 101 Å². The molecule has 2 aromatic rings. The monoisotopic (exact) mass is 983 g/mol. The van der Waals surface area contributed by atoms with Crippen LogP contribution in [0.3, 0.4) is 0 Å². The quantitative estimate of drug-likeness (QED) is 0.0492. The molecule has 2 atom stereocenters. The first-order valence-corrected chi connectivity index (χ1v) is 24.8. The highest BCUT2D eigenvalue weighted by atomic mass is 16.6. The molecule has 4 amide bonds. The fourth-order valence-corrected chi connectivity index (χ4v) is 9.98. The highest BCUT2D eigenvalue weighted by Gasteiger charge is 2.44. The van der Waals surface area contributed by atoms with Gasteiger partial charge < -0.3 is 40.0 Å². The van der Waals surface area contributed by atoms with Gasteiger partial charge in [0.2, 0.25) is 18.7 Å². The molecule has 3 rings (SSSR count). The van der Waals surface area contributed by atoms with Crippen LogP contribution in [0.4, 0.5) is 16.2 Å². The third-order valence-corrected chi connectivity index (χ3v) is 13.2. The van der Waals surface area contributed by atoms with Crippen LogP contribution >= 0.6 is 0 Å². The number of carbonyl (C=O) groups is 4. The molecule has 0 bridgehead atoms. The first kappa shape index (κ1) is 63.3. The van der Waals surface area contributed by atoms with E-state index in [9.17, 15) is 29.3 Å². The number of nitro benzene ring substituents is 1. The molecular formula is C55H94N6O9. The van der Waals surface area contributed by atoms with Crippen molar-refractivity contribution in [2.75, 3.05) is 37.7 Å². The predicted molar refractivity (Wildman–Crippen MR) is 284 cm³/mol. The maximum absolute atomic E-state index is 14.6. The number of carbonyl (C=O) groups excluding carboxylic acids is 4. The normalized spacial score (nSPS) is 14.9. The van der Waals surface area contributed by atoms with Crippen molar-refractivity contribution in [2.24, 2.45) is 16.7 Å². The molecule has 1 fully saturated rings. The second-order valence-corrected chi connectivity index (χ2v) is 23.4. The van der Waals surface area contributed by atoms with Crippen LogP contribution in [0.15, 0.2) is 42.5 Å². The highest BCUT2D eigenvalue weighted by molar-refractivity contribution is 5.87. The largest absolute Gasteiger partial charge is 0.441 e. The van der Waals surface area contributed by atoms with Crippen LogP contribution in [0.2, 0.25) is 0 Å². The summed E-state index contributed by atoms with van der Waals surface area (Å²) in [6.07, 6.45) is 1.83. The van der Waals surface area contributed by atoms with Gasteiger partial charge in [0, 0.05) is 49.0 Å². The van der Waals surface area contributed by atoms with Gasteiger partial charge in [-0.3, -0.25) is 24.5 Å². The molecule has 0 aliphatic carbocycles. The number of alkyl carbamates (subject to hydrolysis) is 1. The molecule has 3 N–H and O–H groups in total. The van der Waals surface area contributed by atoms with E-state index in [0.29, 0.717) is 63.5 Å². The van der Waals surface area contributed by atoms with Crippen molar-refractivity contribution in [1.29, 1.82) is 0 Å². The van der Waals surface area contributed by atoms with Crippen LogP contribution in [0.1, 0.15) is 176 Å². The number of benzene rings is 2. The number of hydrogen-bond acceptors (Lipinski definition) is 10. The molecule has 0 saturated carbocycles. The van der Waals surface area contributed by atoms with E-state index < -0.39 is 56.8 Å². The Bertz CT molecular complexity index is 2000. The van der Waals surface area contributed by atoms with E-state index in [0.717, 1.165) is 24.1 Å². The Balaban J connectivity index is 0.00000806. The van der Waals surface area contributed by atoms with Gasteiger partial charge in [-0.2, -0.15) is 0 Å². The SMILES string of the molecule is C.CC.CC(C)CC(C)(C)C(C)(C)OCCC(C)(C)OC(C)(C)CC(C)(C)NC(=O)C(NC(=O)OC(C)c1cc(-c2ccc(N3CCN(C=O)CC3)cc2)ccc1[N+](=O)[O-])C(C)(C)CC(C)(C)NC=O. The minimum Gasteiger partial charge on any atom is -0.441 e. The third-order valence-electron chi connectivity index (χ3n) is 13.2. The summed E-state index contributed by atoms with van der Waals surface area (Å²) in [7, 11) is 0. The minimum atomic E-state index is -1.17. The Hall–Kier alpha value is -4.76. The number of piperazine rings is 1. The van der Waals surface area contributed by atoms with E-state index in [1.54, 1.807) is 24.0 Å². The Labute approximate surface area is 422 Å². The lowest BCUT2D eigenvalue weighted by Gasteiger charge is -2.44. The van der Waals surface area contributed by atoms with Crippen molar-refractivity contribution >= 4 is 36.2 Å². The topological polar surface area (TPSA) is 182 Å². The number of nitro groups is 1. The summed E-state index contributed by atoms with van der Waals surface area (Å²) < 4.78 is 19.1. The molecule has 0 spiro atoms. The van der Waals surface area contributed by atoms with Gasteiger partial charge in [0.05, 0.1) is 33.9 Å². The van der Waals surface area contributed by atoms with E-state index >= 15 is 0 Å². The summed E-state index contributed by atoms with van der Waals surface area (Å²) in [5.74, 6) is 0.0719. The first-order chi connectivity index (χ1) is 31.6. The van der Waals surface area contributed by atoms with Crippen molar-refractivity contribution in [3.05, 3.63) is 58.1 Å². The van der Waals surface area contributed by atoms with E-state index in [-0.39, 0.29) is 36.1 Å². The minimum absolute atomic E-state index is 0. The molecule has 0 aromatic heterocycles. The fraction of sp³-hybridized carbons (Fsp3) is 0.709. The molecule has 70 heavy (non-hydrogen) atoms. The molecule has 15 nitrogen and oxygen atoms in total. The Morgan fingerprint density at radius 1 is 0.786 bits per heavy atom. The summed E-state index contributed by atoms with van der Waals surface area (Å²) >= 11 is 0. The summed E-state index contributed by atoms with van der Waals surface area (Å²) in [6.45, 7) is 41.2. The third kappa shape index (κ3) is 19.1. The predicted octanol–water partition coefficient (Wildman–Crippen LogP) is 11.4. The smallest absolute Gasteiger partial charge is 0.408 e. The lowest BCUT2D eigenvalue weighted by molar-refractivity contribution is -0.386. The number of ether oxygens (including phenoxy) is 3. The Kier molecular flexibility index (Phi) is 23.1. The Morgan fingerprint density at radius 2 is 1.34 bits per heavy atom. The second-order valence-electron chi connectivity index (χ2n) is 23.4. The van der Waals surface area contributed by atoms with Gasteiger partial charge in [-0.15, -0.1) is 0 Å². The zero-order valence-corrected chi connectivity index (χ0v) is 45.8. The maximum atomic E-state index is 14.6. The van der Waals surface area contributed by atoms with Crippen LogP contribution in [-0.2, 0) is 28.6 Å². The summed E-state index contributed by atoms with van der Waals surface area (Å²) in [5.41, 5.74) is -1.70. The van der Waals surface area contributed by atoms with Gasteiger partial charge in [0.15, 0.2) is 0 Å². The fourth-order valence-electron chi connectivity index (χ4n) is 9.98. The zero-order chi connectivity index (χ0) is 53.0. The van der Waals surface area contributed by atoms with Gasteiger partial charge in [-0.25, -0.2) is 4.79 Å². The van der Waals surface area contributed by atoms with E-state index in [1.165, 1.54) is 6.07 Å². The number of amides is 4. The maximum Gasteiger partial charge on any atom is 0.408 e. The van der Waals surface area contributed by atoms with Crippen molar-refractivity contribution in [1.82, 2.24) is 20.9 Å². The van der Waals surface area contributed by atoms with Gasteiger partial charge in [-0.1, -0.05) is 74.9 Å². The van der Waals surface area contributed by atoms with Crippen molar-refractivity contribution in [3.63, 3.8) is 0 Å². The molecule has 1 heterocycles. The van der Waals surface area contributed by atoms with Crippen LogP contribution in [0.25, 0.3) is 11.1 Å². The van der Waals surface area contributed by atoms with Crippen molar-refractivity contribution in [3.8, 4) is 11.1 Å². The summed E-state index contributed by atoms with van der Waals surface area (Å²) in [5, 5.41) is 21.1. The standard InChI is InChI=1S/C52H84N6O9.C2H6.CH4/c1-36(2)31-47(6,7)52(16,17)65-29-24-50(12,13)67-51(14,15)33-49(10,11)55-44(61)43(46(4,5)32-48(8,9)53-34-59)54-45(62)66-37(3)41-30-39(20-23-42(41)58(63)64)38-18-21-40(22-19-38)57-27-25-56(35-60)26-28-57;1-2;/h18-23,30,34-37,43H,24-29,31-33H2,1-17H3,(H,53,59)(H,54,62)(H,55,61);1-2H3;1H4. The second kappa shape index (κ2) is 25.6. The first-order valence-electron chi connectivity index (χ1n) is 24.8. The van der Waals surface area contributed by atoms with Crippen molar-refractivity contribution in [2.45, 2.75) is 205 Å². The number of rotatable bonds is 25. The Morgan fingerprint density at radius 3 is 1.86 bits per heavy atom. The van der Waals surface area contributed by atoms with Crippen LogP contribution in [0.5, 0.6) is 0 Å². The molecule has 15 heteroatoms. The van der Waals surface area contributed by atoms with E-state index in [2.05, 4.69) is 62.4 Å². The van der Waals surface area contributed by atoms with E-state index in [4.69, 9.17) is 14.2 Å². The molecule has 0 radical (unpaired) electrons. The lowest BCUT2D eigenvalue weighted by Crippen LogP contribution is -2.61. The molecule has 398 valence electrons. The van der Waals surface area contributed by atoms with Crippen LogP contribution in [0, 0.1) is 26.9 Å². The van der Waals surface area contributed by atoms with E-state index in [1.807, 2.05) is 107 Å². The molecule has 2 unspecified atom stereocenters. The summed E-state index contributed by atoms with van der Waals surface area (Å²) in [6, 6.07) is 11.3. The number of anilines is 1. The molecule has 1 aliphatic rings. The lowest BCUT2D eigenvalue weighted by atomic mass is 9.72. The number of hydrogen-bond donors (Lipinski definition) is 3. The van der Waals surface area contributed by atoms with Gasteiger partial charge >= 0.3 is 6.09 Å². The molecular weight excluding hydrogens is 889 g/mol. The van der Waals surface area contributed by atoms with Crippen LogP contribution < -0.4 is 20.9 Å². The molecule has 1 aliphatic heterocycles. The van der Waals surface area contributed by atoms with Gasteiger partial charge in [0.1, 0.15) is 12.1 Å². The average Bonchev–Trinajstić information content (AvgIpc) is 3.21. The molecule has 2 aromatic carbocycles. The average molecular weight is 983 g/mol. The van der Waals surface area contributed by atoms with Gasteiger partial charge in [-0.05, 0) is 154 Å². The number of nitrogens with one attached hydrogen (secondary N) is 3. The number of nitrogens with zero attached hydrogens (tertiary/aromatic N) is 3. The van der Waals surface area contributed by atoms with Gasteiger partial charge in [0.25, 0.3) is 5.69 Å². The molecule has 1 saturated heterocycles. The highest BCUT2D eigenvalue weighted by Crippen LogP contribution is 2.41.